The fourth-order valence-corrected chi connectivity index (χ4v) is 3.00. The number of halogens is 1. The van der Waals surface area contributed by atoms with Crippen molar-refractivity contribution in [2.75, 3.05) is 12.3 Å². The zero-order valence-corrected chi connectivity index (χ0v) is 13.4. The van der Waals surface area contributed by atoms with Crippen LogP contribution in [0.1, 0.15) is 25.6 Å². The van der Waals surface area contributed by atoms with Crippen LogP contribution in [0.3, 0.4) is 0 Å². The number of rotatable bonds is 2. The van der Waals surface area contributed by atoms with Crippen molar-refractivity contribution < 1.29 is 4.74 Å². The molecule has 0 aliphatic carbocycles. The van der Waals surface area contributed by atoms with Crippen LogP contribution in [0.4, 0.5) is 5.82 Å². The highest BCUT2D eigenvalue weighted by molar-refractivity contribution is 14.1. The van der Waals surface area contributed by atoms with Gasteiger partial charge in [0.15, 0.2) is 5.82 Å². The molecule has 0 spiro atoms. The van der Waals surface area contributed by atoms with Gasteiger partial charge in [-0.05, 0) is 42.4 Å². The van der Waals surface area contributed by atoms with E-state index in [0.29, 0.717) is 11.6 Å². The van der Waals surface area contributed by atoms with Crippen LogP contribution in [0.25, 0.3) is 11.3 Å². The quantitative estimate of drug-likeness (QED) is 0.811. The number of aromatic nitrogens is 2. The fourth-order valence-electron chi connectivity index (χ4n) is 2.44. The largest absolute Gasteiger partial charge is 0.383 e. The van der Waals surface area contributed by atoms with Crippen molar-refractivity contribution in [3.63, 3.8) is 0 Å². The van der Waals surface area contributed by atoms with Gasteiger partial charge in [0.25, 0.3) is 0 Å². The standard InChI is InChI=1S/C15H16IN3O/c1-15(8-5-9-20-15)14-18-12(11(16)13(17)19-14)10-6-3-2-4-7-10/h2-4,6-7H,5,8-9H2,1H3,(H2,17,18,19). The summed E-state index contributed by atoms with van der Waals surface area (Å²) in [4.78, 5) is 9.18. The number of benzene rings is 1. The van der Waals surface area contributed by atoms with Gasteiger partial charge in [-0.15, -0.1) is 0 Å². The molecule has 104 valence electrons. The van der Waals surface area contributed by atoms with Crippen LogP contribution in [-0.4, -0.2) is 16.6 Å². The summed E-state index contributed by atoms with van der Waals surface area (Å²) in [7, 11) is 0. The number of nitrogen functional groups attached to an aromatic ring is 1. The molecule has 4 nitrogen and oxygen atoms in total. The van der Waals surface area contributed by atoms with Crippen LogP contribution in [-0.2, 0) is 10.3 Å². The zero-order chi connectivity index (χ0) is 14.2. The summed E-state index contributed by atoms with van der Waals surface area (Å²) in [5.41, 5.74) is 7.59. The van der Waals surface area contributed by atoms with Crippen LogP contribution in [0.2, 0.25) is 0 Å². The predicted octanol–water partition coefficient (Wildman–Crippen LogP) is 3.36. The molecule has 2 N–H and O–H groups in total. The molecule has 1 atom stereocenters. The molecule has 20 heavy (non-hydrogen) atoms. The van der Waals surface area contributed by atoms with Gasteiger partial charge in [-0.2, -0.15) is 0 Å². The Balaban J connectivity index is 2.13. The third kappa shape index (κ3) is 2.40. The van der Waals surface area contributed by atoms with Gasteiger partial charge in [-0.25, -0.2) is 9.97 Å². The Morgan fingerprint density at radius 1 is 1.25 bits per heavy atom. The molecule has 1 fully saturated rings. The summed E-state index contributed by atoms with van der Waals surface area (Å²) >= 11 is 2.20. The van der Waals surface area contributed by atoms with Gasteiger partial charge in [0.05, 0.1) is 9.26 Å². The molecule has 1 saturated heterocycles. The fraction of sp³-hybridized carbons (Fsp3) is 0.333. The minimum absolute atomic E-state index is 0.415. The van der Waals surface area contributed by atoms with Crippen molar-refractivity contribution in [3.05, 3.63) is 39.7 Å². The Labute approximate surface area is 131 Å². The lowest BCUT2D eigenvalue weighted by Crippen LogP contribution is -2.24. The maximum atomic E-state index is 6.07. The molecule has 1 aromatic heterocycles. The van der Waals surface area contributed by atoms with Gasteiger partial charge < -0.3 is 10.5 Å². The van der Waals surface area contributed by atoms with E-state index in [0.717, 1.165) is 34.3 Å². The molecule has 0 radical (unpaired) electrons. The molecule has 5 heteroatoms. The van der Waals surface area contributed by atoms with Gasteiger partial charge >= 0.3 is 0 Å². The van der Waals surface area contributed by atoms with Crippen LogP contribution in [0.5, 0.6) is 0 Å². The van der Waals surface area contributed by atoms with E-state index in [-0.39, 0.29) is 0 Å². The third-order valence-electron chi connectivity index (χ3n) is 3.62. The molecule has 3 rings (SSSR count). The summed E-state index contributed by atoms with van der Waals surface area (Å²) in [6.07, 6.45) is 1.97. The van der Waals surface area contributed by atoms with E-state index in [1.165, 1.54) is 0 Å². The first-order valence-corrected chi connectivity index (χ1v) is 7.71. The lowest BCUT2D eigenvalue weighted by atomic mass is 10.0. The Bertz CT molecular complexity index is 625. The molecule has 0 saturated carbocycles. The molecule has 2 aromatic rings. The van der Waals surface area contributed by atoms with E-state index < -0.39 is 5.60 Å². The minimum Gasteiger partial charge on any atom is -0.383 e. The highest BCUT2D eigenvalue weighted by Gasteiger charge is 2.35. The monoisotopic (exact) mass is 381 g/mol. The molecule has 0 amide bonds. The Hall–Kier alpha value is -1.21. The summed E-state index contributed by atoms with van der Waals surface area (Å²) in [6.45, 7) is 2.79. The summed E-state index contributed by atoms with van der Waals surface area (Å²) in [5.74, 6) is 1.21. The van der Waals surface area contributed by atoms with Gasteiger partial charge in [-0.1, -0.05) is 30.3 Å². The van der Waals surface area contributed by atoms with E-state index in [1.807, 2.05) is 37.3 Å². The minimum atomic E-state index is -0.415. The second-order valence-electron chi connectivity index (χ2n) is 5.14. The second-order valence-corrected chi connectivity index (χ2v) is 6.22. The molecule has 1 unspecified atom stereocenters. The smallest absolute Gasteiger partial charge is 0.163 e. The van der Waals surface area contributed by atoms with E-state index in [4.69, 9.17) is 15.5 Å². The Morgan fingerprint density at radius 2 is 2.00 bits per heavy atom. The summed E-state index contributed by atoms with van der Waals surface area (Å²) in [6, 6.07) is 10.1. The summed E-state index contributed by atoms with van der Waals surface area (Å²) < 4.78 is 6.72. The maximum absolute atomic E-state index is 6.07. The molecule has 1 aliphatic heterocycles. The van der Waals surface area contributed by atoms with Crippen LogP contribution >= 0.6 is 22.6 Å². The first-order valence-electron chi connectivity index (χ1n) is 6.63. The van der Waals surface area contributed by atoms with Crippen molar-refractivity contribution in [2.45, 2.75) is 25.4 Å². The molecule has 0 bridgehead atoms. The lowest BCUT2D eigenvalue weighted by molar-refractivity contribution is 0.00951. The van der Waals surface area contributed by atoms with Gasteiger partial charge in [0.1, 0.15) is 11.4 Å². The van der Waals surface area contributed by atoms with E-state index in [9.17, 15) is 0 Å². The number of hydrogen-bond donors (Lipinski definition) is 1. The van der Waals surface area contributed by atoms with Crippen LogP contribution in [0, 0.1) is 3.57 Å². The molecule has 1 aromatic carbocycles. The van der Waals surface area contributed by atoms with E-state index in [1.54, 1.807) is 0 Å². The zero-order valence-electron chi connectivity index (χ0n) is 11.3. The van der Waals surface area contributed by atoms with Gasteiger partial charge in [-0.3, -0.25) is 0 Å². The first-order chi connectivity index (χ1) is 9.60. The maximum Gasteiger partial charge on any atom is 0.163 e. The lowest BCUT2D eigenvalue weighted by Gasteiger charge is -2.22. The first kappa shape index (κ1) is 13.8. The van der Waals surface area contributed by atoms with E-state index >= 15 is 0 Å². The Morgan fingerprint density at radius 3 is 2.65 bits per heavy atom. The predicted molar refractivity (Wildman–Crippen MR) is 87.1 cm³/mol. The average Bonchev–Trinajstić information content (AvgIpc) is 2.91. The van der Waals surface area contributed by atoms with Crippen molar-refractivity contribution >= 4 is 28.4 Å². The SMILES string of the molecule is CC1(c2nc(N)c(I)c(-c3ccccc3)n2)CCCO1. The Kier molecular flexibility index (Phi) is 3.64. The van der Waals surface area contributed by atoms with Crippen molar-refractivity contribution in [2.24, 2.45) is 0 Å². The molecular formula is C15H16IN3O. The number of hydrogen-bond acceptors (Lipinski definition) is 4. The molecular weight excluding hydrogens is 365 g/mol. The highest BCUT2D eigenvalue weighted by atomic mass is 127. The normalized spacial score (nSPS) is 22.1. The van der Waals surface area contributed by atoms with Crippen LogP contribution < -0.4 is 5.73 Å². The van der Waals surface area contributed by atoms with Crippen molar-refractivity contribution in [3.8, 4) is 11.3 Å². The second kappa shape index (κ2) is 5.29. The highest BCUT2D eigenvalue weighted by Crippen LogP contribution is 2.36. The van der Waals surface area contributed by atoms with Crippen LogP contribution in [0.15, 0.2) is 30.3 Å². The average molecular weight is 381 g/mol. The number of anilines is 1. The number of nitrogens with two attached hydrogens (primary N) is 1. The van der Waals surface area contributed by atoms with Gasteiger partial charge in [0, 0.05) is 12.2 Å². The number of ether oxygens (including phenoxy) is 1. The van der Waals surface area contributed by atoms with Gasteiger partial charge in [0.2, 0.25) is 0 Å². The molecule has 2 heterocycles. The topological polar surface area (TPSA) is 61.0 Å². The van der Waals surface area contributed by atoms with E-state index in [2.05, 4.69) is 27.6 Å². The van der Waals surface area contributed by atoms with Crippen molar-refractivity contribution in [1.82, 2.24) is 9.97 Å². The van der Waals surface area contributed by atoms with Crippen molar-refractivity contribution in [1.29, 1.82) is 0 Å². The molecule has 1 aliphatic rings. The summed E-state index contributed by atoms with van der Waals surface area (Å²) in [5, 5.41) is 0. The number of nitrogens with zero attached hydrogens (tertiary/aromatic N) is 2. The third-order valence-corrected chi connectivity index (χ3v) is 4.68.